The van der Waals surface area contributed by atoms with Crippen molar-refractivity contribution in [1.29, 1.82) is 5.26 Å². The lowest BCUT2D eigenvalue weighted by molar-refractivity contribution is 0.211. The maximum atomic E-state index is 8.91. The molecule has 0 unspecified atom stereocenters. The average Bonchev–Trinajstić information content (AvgIpc) is 2.59. The van der Waals surface area contributed by atoms with Gasteiger partial charge < -0.3 is 18.9 Å². The van der Waals surface area contributed by atoms with Gasteiger partial charge in [0.15, 0.2) is 11.5 Å². The quantitative estimate of drug-likeness (QED) is 0.735. The Labute approximate surface area is 129 Å². The Bertz CT molecular complexity index is 647. The Morgan fingerprint density at radius 1 is 0.818 bits per heavy atom. The minimum atomic E-state index is 0.345. The monoisotopic (exact) mass is 299 g/mol. The average molecular weight is 299 g/mol. The molecule has 0 spiro atoms. The predicted octanol–water partition coefficient (Wildman–Crippen LogP) is 3.03. The fourth-order valence-electron chi connectivity index (χ4n) is 1.84. The van der Waals surface area contributed by atoms with E-state index in [4.69, 9.17) is 24.2 Å². The van der Waals surface area contributed by atoms with E-state index in [-0.39, 0.29) is 0 Å². The van der Waals surface area contributed by atoms with Crippen molar-refractivity contribution in [1.82, 2.24) is 0 Å². The molecule has 0 saturated carbocycles. The highest BCUT2D eigenvalue weighted by molar-refractivity contribution is 5.46. The zero-order chi connectivity index (χ0) is 15.8. The summed E-state index contributed by atoms with van der Waals surface area (Å²) < 4.78 is 21.5. The van der Waals surface area contributed by atoms with Crippen LogP contribution >= 0.6 is 0 Å². The molecular formula is C17H17NO4. The summed E-state index contributed by atoms with van der Waals surface area (Å²) in [4.78, 5) is 0. The third-order valence-electron chi connectivity index (χ3n) is 2.96. The van der Waals surface area contributed by atoms with Gasteiger partial charge in [-0.3, -0.25) is 0 Å². The van der Waals surface area contributed by atoms with E-state index in [2.05, 4.69) is 6.07 Å². The molecule has 0 aliphatic rings. The van der Waals surface area contributed by atoms with Gasteiger partial charge in [-0.15, -0.1) is 0 Å². The summed E-state index contributed by atoms with van der Waals surface area (Å²) in [5.41, 5.74) is 0.520. The van der Waals surface area contributed by atoms with Gasteiger partial charge >= 0.3 is 0 Å². The molecule has 0 amide bonds. The van der Waals surface area contributed by atoms with Gasteiger partial charge in [0.05, 0.1) is 25.9 Å². The highest BCUT2D eigenvalue weighted by Crippen LogP contribution is 2.27. The number of hydrogen-bond donors (Lipinski definition) is 0. The van der Waals surface area contributed by atoms with E-state index in [1.54, 1.807) is 32.4 Å². The van der Waals surface area contributed by atoms with Crippen molar-refractivity contribution >= 4 is 0 Å². The molecule has 0 N–H and O–H groups in total. The SMILES string of the molecule is COc1ccc(OCCOc2cc(C#N)ccc2OC)cc1. The Balaban J connectivity index is 1.86. The number of benzene rings is 2. The maximum Gasteiger partial charge on any atom is 0.162 e. The molecule has 114 valence electrons. The molecule has 0 bridgehead atoms. The Morgan fingerprint density at radius 3 is 2.14 bits per heavy atom. The van der Waals surface area contributed by atoms with Gasteiger partial charge in [0.2, 0.25) is 0 Å². The second-order valence-corrected chi connectivity index (χ2v) is 4.35. The van der Waals surface area contributed by atoms with Crippen LogP contribution in [-0.4, -0.2) is 27.4 Å². The van der Waals surface area contributed by atoms with E-state index in [1.165, 1.54) is 0 Å². The number of nitriles is 1. The van der Waals surface area contributed by atoms with Crippen LogP contribution in [0.5, 0.6) is 23.0 Å². The summed E-state index contributed by atoms with van der Waals surface area (Å²) in [6.07, 6.45) is 0. The zero-order valence-corrected chi connectivity index (χ0v) is 12.5. The molecule has 0 atom stereocenters. The van der Waals surface area contributed by atoms with E-state index >= 15 is 0 Å². The number of methoxy groups -OCH3 is 2. The van der Waals surface area contributed by atoms with Crippen molar-refractivity contribution in [3.8, 4) is 29.1 Å². The zero-order valence-electron chi connectivity index (χ0n) is 12.5. The minimum Gasteiger partial charge on any atom is -0.497 e. The molecule has 5 nitrogen and oxygen atoms in total. The summed E-state index contributed by atoms with van der Waals surface area (Å²) in [6, 6.07) is 14.4. The van der Waals surface area contributed by atoms with Crippen LogP contribution in [-0.2, 0) is 0 Å². The lowest BCUT2D eigenvalue weighted by atomic mass is 10.2. The second-order valence-electron chi connectivity index (χ2n) is 4.35. The molecule has 5 heteroatoms. The standard InChI is InChI=1S/C17H17NO4/c1-19-14-4-6-15(7-5-14)21-9-10-22-17-11-13(12-18)3-8-16(17)20-2/h3-8,11H,9-10H2,1-2H3. The predicted molar refractivity (Wildman–Crippen MR) is 81.7 cm³/mol. The van der Waals surface area contributed by atoms with Crippen molar-refractivity contribution in [2.24, 2.45) is 0 Å². The molecule has 0 saturated heterocycles. The van der Waals surface area contributed by atoms with Gasteiger partial charge in [-0.05, 0) is 36.4 Å². The summed E-state index contributed by atoms with van der Waals surface area (Å²) in [7, 11) is 3.18. The van der Waals surface area contributed by atoms with Gasteiger partial charge in [0, 0.05) is 6.07 Å². The van der Waals surface area contributed by atoms with Crippen LogP contribution in [0.2, 0.25) is 0 Å². The fourth-order valence-corrected chi connectivity index (χ4v) is 1.84. The van der Waals surface area contributed by atoms with Crippen LogP contribution in [0.25, 0.3) is 0 Å². The van der Waals surface area contributed by atoms with Crippen LogP contribution < -0.4 is 18.9 Å². The summed E-state index contributed by atoms with van der Waals surface area (Å²) >= 11 is 0. The first-order valence-corrected chi connectivity index (χ1v) is 6.74. The second kappa shape index (κ2) is 7.79. The molecule has 0 aromatic heterocycles. The van der Waals surface area contributed by atoms with Crippen LogP contribution in [0, 0.1) is 11.3 Å². The van der Waals surface area contributed by atoms with E-state index in [1.807, 2.05) is 24.3 Å². The number of hydrogen-bond acceptors (Lipinski definition) is 5. The molecule has 2 rings (SSSR count). The molecule has 0 aliphatic carbocycles. The topological polar surface area (TPSA) is 60.7 Å². The van der Waals surface area contributed by atoms with Crippen LogP contribution in [0.4, 0.5) is 0 Å². The normalized spacial score (nSPS) is 9.68. The van der Waals surface area contributed by atoms with E-state index in [9.17, 15) is 0 Å². The first-order chi connectivity index (χ1) is 10.8. The molecule has 2 aromatic carbocycles. The summed E-state index contributed by atoms with van der Waals surface area (Å²) in [5, 5.41) is 8.91. The third-order valence-corrected chi connectivity index (χ3v) is 2.96. The Morgan fingerprint density at radius 2 is 1.50 bits per heavy atom. The summed E-state index contributed by atoms with van der Waals surface area (Å²) in [6.45, 7) is 0.726. The first-order valence-electron chi connectivity index (χ1n) is 6.74. The van der Waals surface area contributed by atoms with Crippen molar-refractivity contribution in [2.45, 2.75) is 0 Å². The maximum absolute atomic E-state index is 8.91. The molecule has 0 radical (unpaired) electrons. The first kappa shape index (κ1) is 15.5. The molecule has 2 aromatic rings. The van der Waals surface area contributed by atoms with Gasteiger partial charge in [0.25, 0.3) is 0 Å². The van der Waals surface area contributed by atoms with Gasteiger partial charge in [-0.25, -0.2) is 0 Å². The highest BCUT2D eigenvalue weighted by atomic mass is 16.5. The Hall–Kier alpha value is -2.87. The minimum absolute atomic E-state index is 0.345. The largest absolute Gasteiger partial charge is 0.497 e. The van der Waals surface area contributed by atoms with Crippen molar-refractivity contribution in [3.63, 3.8) is 0 Å². The molecule has 0 fully saturated rings. The molecule has 0 heterocycles. The smallest absolute Gasteiger partial charge is 0.162 e. The third kappa shape index (κ3) is 4.06. The fraction of sp³-hybridized carbons (Fsp3) is 0.235. The van der Waals surface area contributed by atoms with Crippen molar-refractivity contribution in [2.75, 3.05) is 27.4 Å². The Kier molecular flexibility index (Phi) is 5.50. The van der Waals surface area contributed by atoms with Gasteiger partial charge in [0.1, 0.15) is 24.7 Å². The van der Waals surface area contributed by atoms with Gasteiger partial charge in [-0.2, -0.15) is 5.26 Å². The molecular weight excluding hydrogens is 282 g/mol. The van der Waals surface area contributed by atoms with Crippen molar-refractivity contribution < 1.29 is 18.9 Å². The van der Waals surface area contributed by atoms with Crippen LogP contribution in [0.15, 0.2) is 42.5 Å². The van der Waals surface area contributed by atoms with E-state index < -0.39 is 0 Å². The lowest BCUT2D eigenvalue weighted by Gasteiger charge is -2.11. The number of ether oxygens (including phenoxy) is 4. The van der Waals surface area contributed by atoms with E-state index in [0.29, 0.717) is 30.3 Å². The lowest BCUT2D eigenvalue weighted by Crippen LogP contribution is -2.09. The molecule has 0 aliphatic heterocycles. The highest BCUT2D eigenvalue weighted by Gasteiger charge is 2.05. The molecule has 22 heavy (non-hydrogen) atoms. The van der Waals surface area contributed by atoms with Gasteiger partial charge in [-0.1, -0.05) is 0 Å². The number of nitrogens with zero attached hydrogens (tertiary/aromatic N) is 1. The summed E-state index contributed by atoms with van der Waals surface area (Å²) in [5.74, 6) is 2.63. The number of rotatable bonds is 7. The van der Waals surface area contributed by atoms with Crippen LogP contribution in [0.1, 0.15) is 5.56 Å². The van der Waals surface area contributed by atoms with Crippen LogP contribution in [0.3, 0.4) is 0 Å². The van der Waals surface area contributed by atoms with E-state index in [0.717, 1.165) is 11.5 Å². The van der Waals surface area contributed by atoms with Crippen molar-refractivity contribution in [3.05, 3.63) is 48.0 Å².